The average Bonchev–Trinajstić information content (AvgIpc) is 2.98. The Balaban J connectivity index is 1.83. The Morgan fingerprint density at radius 1 is 1.35 bits per heavy atom. The number of rotatable bonds is 6. The fraction of sp³-hybridized carbons (Fsp3) is 0.562. The van der Waals surface area contributed by atoms with Gasteiger partial charge in [-0.3, -0.25) is 4.79 Å². The first kappa shape index (κ1) is 14.9. The molecule has 4 nitrogen and oxygen atoms in total. The van der Waals surface area contributed by atoms with Gasteiger partial charge < -0.3 is 15.0 Å². The molecule has 0 aliphatic heterocycles. The lowest BCUT2D eigenvalue weighted by molar-refractivity contribution is -0.129. The van der Waals surface area contributed by atoms with Gasteiger partial charge >= 0.3 is 0 Å². The monoisotopic (exact) mass is 276 g/mol. The van der Waals surface area contributed by atoms with Crippen molar-refractivity contribution in [1.29, 1.82) is 0 Å². The summed E-state index contributed by atoms with van der Waals surface area (Å²) >= 11 is 0. The molecule has 0 unspecified atom stereocenters. The van der Waals surface area contributed by atoms with Gasteiger partial charge in [-0.05, 0) is 18.9 Å². The summed E-state index contributed by atoms with van der Waals surface area (Å²) in [6, 6.07) is 8.34. The lowest BCUT2D eigenvalue weighted by Crippen LogP contribution is -2.38. The molecule has 1 fully saturated rings. The molecule has 1 amide bonds. The molecule has 0 aromatic heterocycles. The van der Waals surface area contributed by atoms with E-state index in [1.54, 1.807) is 12.0 Å². The molecule has 1 aromatic rings. The highest BCUT2D eigenvalue weighted by Crippen LogP contribution is 2.19. The normalized spacial score (nSPS) is 15.3. The maximum Gasteiger partial charge on any atom is 0.236 e. The minimum Gasteiger partial charge on any atom is -0.496 e. The molecule has 110 valence electrons. The maximum absolute atomic E-state index is 12.1. The van der Waals surface area contributed by atoms with Crippen LogP contribution < -0.4 is 10.1 Å². The predicted molar refractivity (Wildman–Crippen MR) is 79.7 cm³/mol. The molecular weight excluding hydrogens is 252 g/mol. The Bertz CT molecular complexity index is 442. The van der Waals surface area contributed by atoms with E-state index in [1.807, 2.05) is 31.3 Å². The van der Waals surface area contributed by atoms with Crippen LogP contribution in [0.2, 0.25) is 0 Å². The molecule has 2 rings (SSSR count). The van der Waals surface area contributed by atoms with E-state index >= 15 is 0 Å². The molecule has 1 aromatic carbocycles. The lowest BCUT2D eigenvalue weighted by Gasteiger charge is -2.20. The zero-order valence-electron chi connectivity index (χ0n) is 12.4. The van der Waals surface area contributed by atoms with Crippen LogP contribution in [0.4, 0.5) is 0 Å². The number of benzene rings is 1. The van der Waals surface area contributed by atoms with Gasteiger partial charge in [0.2, 0.25) is 5.91 Å². The van der Waals surface area contributed by atoms with Crippen molar-refractivity contribution in [2.24, 2.45) is 0 Å². The number of carbonyl (C=O) groups is 1. The van der Waals surface area contributed by atoms with E-state index in [-0.39, 0.29) is 5.91 Å². The van der Waals surface area contributed by atoms with Crippen LogP contribution in [0.1, 0.15) is 31.2 Å². The van der Waals surface area contributed by atoms with E-state index in [0.29, 0.717) is 19.1 Å². The van der Waals surface area contributed by atoms with Crippen LogP contribution in [0.15, 0.2) is 24.3 Å². The van der Waals surface area contributed by atoms with Crippen LogP contribution in [0.5, 0.6) is 5.75 Å². The van der Waals surface area contributed by atoms with E-state index in [0.717, 1.165) is 11.3 Å². The Kier molecular flexibility index (Phi) is 5.41. The van der Waals surface area contributed by atoms with Gasteiger partial charge in [0.05, 0.1) is 13.7 Å². The van der Waals surface area contributed by atoms with Crippen LogP contribution in [0.3, 0.4) is 0 Å². The Morgan fingerprint density at radius 2 is 2.05 bits per heavy atom. The van der Waals surface area contributed by atoms with Crippen molar-refractivity contribution in [2.75, 3.05) is 20.7 Å². The molecule has 1 saturated carbocycles. The summed E-state index contributed by atoms with van der Waals surface area (Å²) in [6.45, 7) is 1.01. The van der Waals surface area contributed by atoms with Crippen molar-refractivity contribution in [2.45, 2.75) is 38.3 Å². The van der Waals surface area contributed by atoms with E-state index in [4.69, 9.17) is 4.74 Å². The second-order valence-electron chi connectivity index (χ2n) is 5.42. The molecule has 1 N–H and O–H groups in total. The number of likely N-dealkylation sites (N-methyl/N-ethyl adjacent to an activating group) is 1. The molecule has 1 aliphatic rings. The van der Waals surface area contributed by atoms with E-state index < -0.39 is 0 Å². The van der Waals surface area contributed by atoms with Crippen molar-refractivity contribution >= 4 is 5.91 Å². The van der Waals surface area contributed by atoms with Gasteiger partial charge in [0.1, 0.15) is 5.75 Å². The average molecular weight is 276 g/mol. The summed E-state index contributed by atoms with van der Waals surface area (Å²) in [5.41, 5.74) is 1.03. The van der Waals surface area contributed by atoms with Crippen LogP contribution >= 0.6 is 0 Å². The molecule has 0 atom stereocenters. The number of para-hydroxylation sites is 1. The van der Waals surface area contributed by atoms with Crippen molar-refractivity contribution in [3.63, 3.8) is 0 Å². The van der Waals surface area contributed by atoms with E-state index in [9.17, 15) is 4.79 Å². The van der Waals surface area contributed by atoms with Gasteiger partial charge in [0.25, 0.3) is 0 Å². The van der Waals surface area contributed by atoms with Gasteiger partial charge in [0, 0.05) is 25.2 Å². The minimum absolute atomic E-state index is 0.128. The third-order valence-corrected chi connectivity index (χ3v) is 3.92. The lowest BCUT2D eigenvalue weighted by atomic mass is 10.2. The first-order valence-electron chi connectivity index (χ1n) is 7.30. The number of nitrogens with zero attached hydrogens (tertiary/aromatic N) is 1. The summed E-state index contributed by atoms with van der Waals surface area (Å²) in [6.07, 6.45) is 4.96. The van der Waals surface area contributed by atoms with Crippen LogP contribution in [0, 0.1) is 0 Å². The zero-order valence-corrected chi connectivity index (χ0v) is 12.4. The number of carbonyl (C=O) groups excluding carboxylic acids is 1. The SMILES string of the molecule is COc1ccccc1CN(C)C(=O)CNC1CCCC1. The molecular formula is C16H24N2O2. The van der Waals surface area contributed by atoms with Gasteiger partial charge in [0.15, 0.2) is 0 Å². The molecule has 0 bridgehead atoms. The number of ether oxygens (including phenoxy) is 1. The van der Waals surface area contributed by atoms with E-state index in [2.05, 4.69) is 5.32 Å². The third-order valence-electron chi connectivity index (χ3n) is 3.92. The van der Waals surface area contributed by atoms with Gasteiger partial charge in [-0.25, -0.2) is 0 Å². The molecule has 0 spiro atoms. The molecule has 4 heteroatoms. The highest BCUT2D eigenvalue weighted by molar-refractivity contribution is 5.78. The Hall–Kier alpha value is -1.55. The summed E-state index contributed by atoms with van der Waals surface area (Å²) in [7, 11) is 3.49. The summed E-state index contributed by atoms with van der Waals surface area (Å²) in [4.78, 5) is 13.9. The van der Waals surface area contributed by atoms with Crippen molar-refractivity contribution in [3.8, 4) is 5.75 Å². The molecule has 1 aliphatic carbocycles. The van der Waals surface area contributed by atoms with Gasteiger partial charge in [-0.1, -0.05) is 31.0 Å². The topological polar surface area (TPSA) is 41.6 Å². The van der Waals surface area contributed by atoms with Crippen LogP contribution in [-0.4, -0.2) is 37.6 Å². The number of hydrogen-bond acceptors (Lipinski definition) is 3. The third kappa shape index (κ3) is 3.97. The fourth-order valence-corrected chi connectivity index (χ4v) is 2.67. The number of nitrogens with one attached hydrogen (secondary N) is 1. The summed E-state index contributed by atoms with van der Waals surface area (Å²) in [5, 5.41) is 3.35. The van der Waals surface area contributed by atoms with E-state index in [1.165, 1.54) is 25.7 Å². The first-order valence-corrected chi connectivity index (χ1v) is 7.30. The number of amides is 1. The quantitative estimate of drug-likeness (QED) is 0.866. The second-order valence-corrected chi connectivity index (χ2v) is 5.42. The highest BCUT2D eigenvalue weighted by Gasteiger charge is 2.17. The van der Waals surface area contributed by atoms with Gasteiger partial charge in [-0.2, -0.15) is 0 Å². The number of hydrogen-bond donors (Lipinski definition) is 1. The zero-order chi connectivity index (χ0) is 14.4. The maximum atomic E-state index is 12.1. The fourth-order valence-electron chi connectivity index (χ4n) is 2.67. The largest absolute Gasteiger partial charge is 0.496 e. The minimum atomic E-state index is 0.128. The summed E-state index contributed by atoms with van der Waals surface area (Å²) < 4.78 is 5.31. The smallest absolute Gasteiger partial charge is 0.236 e. The summed E-state index contributed by atoms with van der Waals surface area (Å²) in [5.74, 6) is 0.957. The number of methoxy groups -OCH3 is 1. The highest BCUT2D eigenvalue weighted by atomic mass is 16.5. The second kappa shape index (κ2) is 7.29. The van der Waals surface area contributed by atoms with Crippen LogP contribution in [0.25, 0.3) is 0 Å². The van der Waals surface area contributed by atoms with Crippen molar-refractivity contribution in [1.82, 2.24) is 10.2 Å². The van der Waals surface area contributed by atoms with Crippen molar-refractivity contribution in [3.05, 3.63) is 29.8 Å². The van der Waals surface area contributed by atoms with Gasteiger partial charge in [-0.15, -0.1) is 0 Å². The molecule has 0 radical (unpaired) electrons. The van der Waals surface area contributed by atoms with Crippen molar-refractivity contribution < 1.29 is 9.53 Å². The Labute approximate surface area is 121 Å². The molecule has 20 heavy (non-hydrogen) atoms. The Morgan fingerprint density at radius 3 is 2.75 bits per heavy atom. The van der Waals surface area contributed by atoms with Crippen LogP contribution in [-0.2, 0) is 11.3 Å². The standard InChI is InChI=1S/C16H24N2O2/c1-18(12-13-7-3-6-10-15(13)20-2)16(19)11-17-14-8-4-5-9-14/h3,6-7,10,14,17H,4-5,8-9,11-12H2,1-2H3. The first-order chi connectivity index (χ1) is 9.70. The molecule has 0 heterocycles. The molecule has 0 saturated heterocycles. The predicted octanol–water partition coefficient (Wildman–Crippen LogP) is 2.19.